The van der Waals surface area contributed by atoms with E-state index < -0.39 is 0 Å². The van der Waals surface area contributed by atoms with Crippen molar-refractivity contribution in [2.24, 2.45) is 4.99 Å². The Morgan fingerprint density at radius 1 is 1.56 bits per heavy atom. The van der Waals surface area contributed by atoms with Crippen LogP contribution in [0.5, 0.6) is 0 Å². The minimum absolute atomic E-state index is 0.699. The number of H-pyrrole nitrogens is 1. The number of hydrogen-bond acceptors (Lipinski definition) is 2. The van der Waals surface area contributed by atoms with Crippen molar-refractivity contribution in [1.29, 1.82) is 0 Å². The second-order valence-electron chi connectivity index (χ2n) is 1.94. The van der Waals surface area contributed by atoms with Crippen molar-refractivity contribution in [1.82, 2.24) is 10.3 Å². The van der Waals surface area contributed by atoms with Crippen LogP contribution >= 0.6 is 0 Å². The van der Waals surface area contributed by atoms with Crippen molar-refractivity contribution in [3.63, 3.8) is 0 Å². The summed E-state index contributed by atoms with van der Waals surface area (Å²) in [4.78, 5) is 7.23. The Hall–Kier alpha value is -1.25. The lowest BCUT2D eigenvalue weighted by atomic mass is 10.5. The molecular weight excluding hydrogens is 114 g/mol. The van der Waals surface area contributed by atoms with E-state index in [0.29, 0.717) is 6.67 Å². The first-order valence-corrected chi connectivity index (χ1v) is 2.88. The molecule has 0 radical (unpaired) electrons. The molecule has 0 atom stereocenters. The summed E-state index contributed by atoms with van der Waals surface area (Å²) in [5.74, 6) is 0. The van der Waals surface area contributed by atoms with Crippen molar-refractivity contribution in [2.75, 3.05) is 6.67 Å². The summed E-state index contributed by atoms with van der Waals surface area (Å²) in [6, 6.07) is 1.96. The lowest BCUT2D eigenvalue weighted by molar-refractivity contribution is 0.863. The molecule has 0 unspecified atom stereocenters. The number of hydrogen-bond donors (Lipinski definition) is 2. The Bertz CT molecular complexity index is 279. The summed E-state index contributed by atoms with van der Waals surface area (Å²) in [7, 11) is 0. The topological polar surface area (TPSA) is 40.2 Å². The molecule has 0 saturated carbocycles. The molecule has 2 N–H and O–H groups in total. The summed E-state index contributed by atoms with van der Waals surface area (Å²) in [6.45, 7) is 0.699. The zero-order chi connectivity index (χ0) is 6.10. The Labute approximate surface area is 52.1 Å². The number of aromatic amines is 1. The first-order chi connectivity index (χ1) is 4.47. The maximum absolute atomic E-state index is 4.18. The van der Waals surface area contributed by atoms with Crippen LogP contribution in [0.25, 0.3) is 6.20 Å². The quantitative estimate of drug-likeness (QED) is 0.451. The van der Waals surface area contributed by atoms with E-state index in [4.69, 9.17) is 0 Å². The molecule has 0 amide bonds. The zero-order valence-electron chi connectivity index (χ0n) is 4.89. The molecule has 1 aliphatic heterocycles. The number of nitrogens with one attached hydrogen (secondary N) is 2. The standard InChI is InChI=1S/C6H7N3/c1-2-8-6-3-7-4-9-5(1)6/h1-3,7-8H,4H2. The molecular formula is C6H7N3. The van der Waals surface area contributed by atoms with Crippen LogP contribution in [-0.2, 0) is 0 Å². The monoisotopic (exact) mass is 121 g/mol. The highest BCUT2D eigenvalue weighted by molar-refractivity contribution is 5.17. The largest absolute Gasteiger partial charge is 0.370 e. The third-order valence-corrected chi connectivity index (χ3v) is 1.34. The van der Waals surface area contributed by atoms with Crippen LogP contribution in [0.2, 0.25) is 0 Å². The molecule has 0 spiro atoms. The zero-order valence-corrected chi connectivity index (χ0v) is 4.89. The van der Waals surface area contributed by atoms with Crippen LogP contribution in [0.3, 0.4) is 0 Å². The van der Waals surface area contributed by atoms with Gasteiger partial charge in [0.2, 0.25) is 0 Å². The average Bonchev–Trinajstić information content (AvgIpc) is 2.33. The summed E-state index contributed by atoms with van der Waals surface area (Å²) in [6.07, 6.45) is 3.82. The fourth-order valence-corrected chi connectivity index (χ4v) is 0.906. The van der Waals surface area contributed by atoms with E-state index in [1.165, 1.54) is 0 Å². The maximum Gasteiger partial charge on any atom is 0.108 e. The fourth-order valence-electron chi connectivity index (χ4n) is 0.906. The van der Waals surface area contributed by atoms with E-state index in [2.05, 4.69) is 15.3 Å². The minimum Gasteiger partial charge on any atom is -0.370 e. The normalized spacial score (nSPS) is 14.7. The Morgan fingerprint density at radius 3 is 3.44 bits per heavy atom. The number of nitrogens with zero attached hydrogens (tertiary/aromatic N) is 1. The van der Waals surface area contributed by atoms with Crippen molar-refractivity contribution in [3.8, 4) is 0 Å². The van der Waals surface area contributed by atoms with Gasteiger partial charge in [0.1, 0.15) is 6.67 Å². The van der Waals surface area contributed by atoms with Gasteiger partial charge < -0.3 is 10.3 Å². The van der Waals surface area contributed by atoms with Gasteiger partial charge in [-0.3, -0.25) is 4.99 Å². The van der Waals surface area contributed by atoms with Crippen LogP contribution in [0.1, 0.15) is 0 Å². The lowest BCUT2D eigenvalue weighted by Gasteiger charge is -1.96. The highest BCUT2D eigenvalue weighted by Gasteiger charge is 1.89. The molecule has 1 aliphatic rings. The molecule has 2 rings (SSSR count). The molecule has 0 bridgehead atoms. The van der Waals surface area contributed by atoms with Crippen LogP contribution in [-0.4, -0.2) is 11.7 Å². The number of rotatable bonds is 0. The average molecular weight is 121 g/mol. The molecule has 1 aromatic heterocycles. The Balaban J connectivity index is 2.89. The maximum atomic E-state index is 4.18. The van der Waals surface area contributed by atoms with E-state index in [1.807, 2.05) is 18.5 Å². The van der Waals surface area contributed by atoms with E-state index in [0.717, 1.165) is 10.7 Å². The fraction of sp³-hybridized carbons (Fsp3) is 0.167. The van der Waals surface area contributed by atoms with Crippen LogP contribution in [0, 0.1) is 0 Å². The van der Waals surface area contributed by atoms with Gasteiger partial charge in [0.15, 0.2) is 0 Å². The first kappa shape index (κ1) is 4.61. The van der Waals surface area contributed by atoms with Gasteiger partial charge in [0.05, 0.1) is 10.7 Å². The summed E-state index contributed by atoms with van der Waals surface area (Å²) >= 11 is 0. The van der Waals surface area contributed by atoms with Gasteiger partial charge in [-0.1, -0.05) is 0 Å². The smallest absolute Gasteiger partial charge is 0.108 e. The van der Waals surface area contributed by atoms with E-state index >= 15 is 0 Å². The van der Waals surface area contributed by atoms with Crippen molar-refractivity contribution in [3.05, 3.63) is 23.0 Å². The molecule has 2 heterocycles. The number of aromatic nitrogens is 1. The second kappa shape index (κ2) is 1.62. The predicted octanol–water partition coefficient (Wildman–Crippen LogP) is -1.07. The van der Waals surface area contributed by atoms with Gasteiger partial charge in [0, 0.05) is 12.4 Å². The molecule has 0 aromatic carbocycles. The van der Waals surface area contributed by atoms with Gasteiger partial charge in [-0.05, 0) is 6.07 Å². The molecule has 9 heavy (non-hydrogen) atoms. The molecule has 0 fully saturated rings. The summed E-state index contributed by atoms with van der Waals surface area (Å²) in [5.41, 5.74) is 0. The highest BCUT2D eigenvalue weighted by atomic mass is 15.0. The molecule has 3 heteroatoms. The van der Waals surface area contributed by atoms with Crippen molar-refractivity contribution in [2.45, 2.75) is 0 Å². The van der Waals surface area contributed by atoms with Crippen LogP contribution in [0.15, 0.2) is 17.3 Å². The van der Waals surface area contributed by atoms with E-state index in [1.54, 1.807) is 0 Å². The third kappa shape index (κ3) is 0.614. The first-order valence-electron chi connectivity index (χ1n) is 2.88. The van der Waals surface area contributed by atoms with Crippen LogP contribution < -0.4 is 16.0 Å². The third-order valence-electron chi connectivity index (χ3n) is 1.34. The lowest BCUT2D eigenvalue weighted by Crippen LogP contribution is -2.31. The second-order valence-corrected chi connectivity index (χ2v) is 1.94. The molecule has 3 nitrogen and oxygen atoms in total. The van der Waals surface area contributed by atoms with E-state index in [9.17, 15) is 0 Å². The van der Waals surface area contributed by atoms with Gasteiger partial charge in [0.25, 0.3) is 0 Å². The Kier molecular flexibility index (Phi) is 0.828. The summed E-state index contributed by atoms with van der Waals surface area (Å²) in [5, 5.41) is 5.12. The molecule has 46 valence electrons. The predicted molar refractivity (Wildman–Crippen MR) is 34.0 cm³/mol. The van der Waals surface area contributed by atoms with Crippen molar-refractivity contribution < 1.29 is 0 Å². The molecule has 0 aliphatic carbocycles. The van der Waals surface area contributed by atoms with Crippen LogP contribution in [0.4, 0.5) is 0 Å². The van der Waals surface area contributed by atoms with E-state index in [-0.39, 0.29) is 0 Å². The van der Waals surface area contributed by atoms with Gasteiger partial charge in [-0.15, -0.1) is 0 Å². The minimum atomic E-state index is 0.699. The summed E-state index contributed by atoms with van der Waals surface area (Å²) < 4.78 is 0. The highest BCUT2D eigenvalue weighted by Crippen LogP contribution is 1.69. The van der Waals surface area contributed by atoms with Gasteiger partial charge in [-0.2, -0.15) is 0 Å². The van der Waals surface area contributed by atoms with Gasteiger partial charge in [-0.25, -0.2) is 0 Å². The Morgan fingerprint density at radius 2 is 2.56 bits per heavy atom. The van der Waals surface area contributed by atoms with Crippen molar-refractivity contribution >= 4 is 6.20 Å². The van der Waals surface area contributed by atoms with Gasteiger partial charge >= 0.3 is 0 Å². The number of fused-ring (bicyclic) bond motifs is 1. The molecule has 1 aromatic rings. The SMILES string of the molecule is C1=c2[nH]ccc2=NCN1. The molecule has 0 saturated heterocycles.